The molecule has 0 unspecified atom stereocenters. The largest absolute Gasteiger partial charge is 0.495 e. The van der Waals surface area contributed by atoms with Gasteiger partial charge in [0.2, 0.25) is 10.0 Å². The van der Waals surface area contributed by atoms with Crippen molar-refractivity contribution >= 4 is 21.6 Å². The predicted octanol–water partition coefficient (Wildman–Crippen LogP) is 3.84. The molecule has 208 valence electrons. The fourth-order valence-corrected chi connectivity index (χ4v) is 6.37. The number of piperidine rings is 1. The Balaban J connectivity index is 1.44. The number of anilines is 1. The summed E-state index contributed by atoms with van der Waals surface area (Å²) in [5.74, 6) is -1.63. The summed E-state index contributed by atoms with van der Waals surface area (Å²) in [5.41, 5.74) is -0.747. The number of halogens is 4. The molecule has 1 aromatic heterocycles. The summed E-state index contributed by atoms with van der Waals surface area (Å²) in [4.78, 5) is 14.3. The Bertz CT molecular complexity index is 1480. The number of sulfonamides is 1. The van der Waals surface area contributed by atoms with Crippen LogP contribution in [0.4, 0.5) is 23.2 Å². The minimum Gasteiger partial charge on any atom is -0.495 e. The Labute approximate surface area is 220 Å². The number of rotatable bonds is 6. The van der Waals surface area contributed by atoms with Gasteiger partial charge >= 0.3 is 6.18 Å². The molecule has 0 radical (unpaired) electrons. The standard InChI is InChI=1S/C25H23F4N3O6S/c1-36-22-10-18(15-3-2-4-16(9-15)25(27,28)29)19(26)11-21(22)32-20-5-7-31(12-23(20)37-13-24(32)33)39(34,35)14-17-6-8-38-30-17/h2-4,6,8-11,20,23H,5,7,12-14H2,1H3/t20-,23-/m0/s1. The summed E-state index contributed by atoms with van der Waals surface area (Å²) in [5, 5.41) is 3.64. The van der Waals surface area contributed by atoms with E-state index < -0.39 is 45.6 Å². The van der Waals surface area contributed by atoms with Gasteiger partial charge in [0.1, 0.15) is 30.2 Å². The van der Waals surface area contributed by atoms with Crippen LogP contribution in [0.2, 0.25) is 0 Å². The number of carbonyl (C=O) groups is 1. The number of alkyl halides is 3. The number of amides is 1. The van der Waals surface area contributed by atoms with Crippen molar-refractivity contribution in [1.82, 2.24) is 9.46 Å². The number of morpholine rings is 1. The fourth-order valence-electron chi connectivity index (χ4n) is 4.90. The van der Waals surface area contributed by atoms with Crippen LogP contribution in [0.3, 0.4) is 0 Å². The van der Waals surface area contributed by atoms with Gasteiger partial charge in [-0.05, 0) is 30.2 Å². The molecule has 2 fully saturated rings. The molecule has 2 aliphatic rings. The lowest BCUT2D eigenvalue weighted by molar-refractivity contribution is -0.137. The van der Waals surface area contributed by atoms with E-state index in [1.54, 1.807) is 0 Å². The topological polar surface area (TPSA) is 102 Å². The first-order valence-corrected chi connectivity index (χ1v) is 13.4. The molecule has 3 heterocycles. The summed E-state index contributed by atoms with van der Waals surface area (Å²) >= 11 is 0. The third-order valence-corrected chi connectivity index (χ3v) is 8.53. The highest BCUT2D eigenvalue weighted by Crippen LogP contribution is 2.41. The van der Waals surface area contributed by atoms with Crippen LogP contribution in [0.25, 0.3) is 11.1 Å². The molecule has 2 atom stereocenters. The molecule has 2 saturated heterocycles. The molecule has 5 rings (SSSR count). The lowest BCUT2D eigenvalue weighted by Crippen LogP contribution is -2.62. The summed E-state index contributed by atoms with van der Waals surface area (Å²) in [7, 11) is -2.46. The smallest absolute Gasteiger partial charge is 0.416 e. The minimum absolute atomic E-state index is 0.0102. The quantitative estimate of drug-likeness (QED) is 0.416. The highest BCUT2D eigenvalue weighted by atomic mass is 32.2. The average Bonchev–Trinajstić information content (AvgIpc) is 3.40. The van der Waals surface area contributed by atoms with Crippen LogP contribution in [-0.2, 0) is 31.5 Å². The van der Waals surface area contributed by atoms with Crippen molar-refractivity contribution in [3.05, 3.63) is 65.8 Å². The van der Waals surface area contributed by atoms with Crippen molar-refractivity contribution in [2.45, 2.75) is 30.5 Å². The molecule has 0 bridgehead atoms. The number of benzene rings is 2. The van der Waals surface area contributed by atoms with Crippen LogP contribution in [0.5, 0.6) is 5.75 Å². The maximum absolute atomic E-state index is 15.4. The number of nitrogens with zero attached hydrogens (tertiary/aromatic N) is 3. The van der Waals surface area contributed by atoms with Gasteiger partial charge in [-0.1, -0.05) is 17.3 Å². The van der Waals surface area contributed by atoms with Gasteiger partial charge in [-0.2, -0.15) is 17.5 Å². The van der Waals surface area contributed by atoms with Crippen molar-refractivity contribution in [3.63, 3.8) is 0 Å². The van der Waals surface area contributed by atoms with Crippen molar-refractivity contribution in [2.24, 2.45) is 0 Å². The Hall–Kier alpha value is -3.49. The van der Waals surface area contributed by atoms with Crippen molar-refractivity contribution in [2.75, 3.05) is 31.7 Å². The molecule has 9 nitrogen and oxygen atoms in total. The van der Waals surface area contributed by atoms with Gasteiger partial charge in [-0.15, -0.1) is 0 Å². The van der Waals surface area contributed by atoms with Crippen LogP contribution >= 0.6 is 0 Å². The molecule has 0 aliphatic carbocycles. The number of aromatic nitrogens is 1. The highest BCUT2D eigenvalue weighted by Gasteiger charge is 2.44. The van der Waals surface area contributed by atoms with E-state index in [2.05, 4.69) is 5.16 Å². The molecule has 2 aromatic carbocycles. The summed E-state index contributed by atoms with van der Waals surface area (Å²) in [6.07, 6.45) is -3.85. The summed E-state index contributed by atoms with van der Waals surface area (Å²) in [6, 6.07) is 7.36. The molecule has 2 aliphatic heterocycles. The number of hydrogen-bond acceptors (Lipinski definition) is 7. The number of hydrogen-bond donors (Lipinski definition) is 0. The third kappa shape index (κ3) is 5.36. The van der Waals surface area contributed by atoms with E-state index in [0.717, 1.165) is 18.2 Å². The second-order valence-corrected chi connectivity index (χ2v) is 11.1. The van der Waals surface area contributed by atoms with E-state index >= 15 is 4.39 Å². The Morgan fingerprint density at radius 3 is 2.67 bits per heavy atom. The SMILES string of the molecule is COc1cc(-c2cccc(C(F)(F)F)c2)c(F)cc1N1C(=O)CO[C@H]2CN(S(=O)(=O)Cc3ccon3)CC[C@@H]21. The van der Waals surface area contributed by atoms with Crippen LogP contribution in [0, 0.1) is 5.82 Å². The summed E-state index contributed by atoms with van der Waals surface area (Å²) in [6.45, 7) is -0.345. The number of fused-ring (bicyclic) bond motifs is 1. The lowest BCUT2D eigenvalue weighted by Gasteiger charge is -2.46. The maximum Gasteiger partial charge on any atom is 0.416 e. The zero-order chi connectivity index (χ0) is 27.9. The van der Waals surface area contributed by atoms with Crippen molar-refractivity contribution < 1.29 is 44.8 Å². The molecule has 0 N–H and O–H groups in total. The third-order valence-electron chi connectivity index (χ3n) is 6.75. The first-order valence-electron chi connectivity index (χ1n) is 11.8. The van der Waals surface area contributed by atoms with Crippen molar-refractivity contribution in [3.8, 4) is 16.9 Å². The zero-order valence-electron chi connectivity index (χ0n) is 20.5. The Morgan fingerprint density at radius 1 is 1.18 bits per heavy atom. The van der Waals surface area contributed by atoms with Gasteiger partial charge in [0, 0.05) is 30.8 Å². The van der Waals surface area contributed by atoms with E-state index in [1.165, 1.54) is 46.8 Å². The van der Waals surface area contributed by atoms with Gasteiger partial charge in [0.05, 0.1) is 36.2 Å². The fraction of sp³-hybridized carbons (Fsp3) is 0.360. The van der Waals surface area contributed by atoms with Crippen LogP contribution in [0.15, 0.2) is 53.3 Å². The molecule has 3 aromatic rings. The lowest BCUT2D eigenvalue weighted by atomic mass is 9.97. The number of methoxy groups -OCH3 is 1. The average molecular weight is 570 g/mol. The number of carbonyl (C=O) groups excluding carboxylic acids is 1. The maximum atomic E-state index is 15.4. The molecular weight excluding hydrogens is 546 g/mol. The van der Waals surface area contributed by atoms with Crippen LogP contribution in [0.1, 0.15) is 17.7 Å². The van der Waals surface area contributed by atoms with Gasteiger partial charge < -0.3 is 18.9 Å². The highest BCUT2D eigenvalue weighted by molar-refractivity contribution is 7.88. The van der Waals surface area contributed by atoms with E-state index in [4.69, 9.17) is 14.0 Å². The Morgan fingerprint density at radius 2 is 1.97 bits per heavy atom. The van der Waals surface area contributed by atoms with E-state index in [-0.39, 0.29) is 60.1 Å². The van der Waals surface area contributed by atoms with E-state index in [9.17, 15) is 26.4 Å². The zero-order valence-corrected chi connectivity index (χ0v) is 21.3. The second-order valence-electron chi connectivity index (χ2n) is 9.16. The summed E-state index contributed by atoms with van der Waals surface area (Å²) < 4.78 is 97.9. The molecule has 1 amide bonds. The number of ether oxygens (including phenoxy) is 2. The van der Waals surface area contributed by atoms with E-state index in [1.807, 2.05) is 0 Å². The predicted molar refractivity (Wildman–Crippen MR) is 130 cm³/mol. The molecule has 39 heavy (non-hydrogen) atoms. The first kappa shape index (κ1) is 27.1. The Kier molecular flexibility index (Phi) is 7.11. The van der Waals surface area contributed by atoms with Crippen LogP contribution < -0.4 is 9.64 Å². The second kappa shape index (κ2) is 10.2. The van der Waals surface area contributed by atoms with Crippen molar-refractivity contribution in [1.29, 1.82) is 0 Å². The molecule has 0 spiro atoms. The van der Waals surface area contributed by atoms with E-state index in [0.29, 0.717) is 0 Å². The minimum atomic E-state index is -4.61. The van der Waals surface area contributed by atoms with Gasteiger partial charge in [0.25, 0.3) is 5.91 Å². The van der Waals surface area contributed by atoms with Gasteiger partial charge in [-0.25, -0.2) is 12.8 Å². The van der Waals surface area contributed by atoms with Gasteiger partial charge in [0.15, 0.2) is 0 Å². The van der Waals surface area contributed by atoms with Gasteiger partial charge in [-0.3, -0.25) is 4.79 Å². The molecule has 0 saturated carbocycles. The molecule has 14 heteroatoms. The normalized spacial score (nSPS) is 20.6. The molecular formula is C25H23F4N3O6S. The first-order chi connectivity index (χ1) is 18.5. The van der Waals surface area contributed by atoms with Crippen LogP contribution in [-0.4, -0.2) is 62.7 Å². The monoisotopic (exact) mass is 569 g/mol.